The number of likely N-dealkylation sites (tertiary alicyclic amines) is 2. The van der Waals surface area contributed by atoms with Crippen LogP contribution >= 0.6 is 0 Å². The zero-order valence-corrected chi connectivity index (χ0v) is 12.1. The van der Waals surface area contributed by atoms with Crippen LogP contribution in [0, 0.1) is 11.8 Å². The third-order valence-electron chi connectivity index (χ3n) is 4.94. The lowest BCUT2D eigenvalue weighted by Crippen LogP contribution is -2.57. The van der Waals surface area contributed by atoms with Gasteiger partial charge in [-0.15, -0.1) is 0 Å². The molecule has 2 rings (SSSR count). The van der Waals surface area contributed by atoms with Crippen molar-refractivity contribution in [3.8, 4) is 0 Å². The van der Waals surface area contributed by atoms with E-state index in [0.29, 0.717) is 24.8 Å². The van der Waals surface area contributed by atoms with Crippen LogP contribution in [0.2, 0.25) is 0 Å². The largest absolute Gasteiger partial charge is 0.480 e. The van der Waals surface area contributed by atoms with Gasteiger partial charge >= 0.3 is 12.0 Å². The third-order valence-corrected chi connectivity index (χ3v) is 4.94. The molecule has 19 heavy (non-hydrogen) atoms. The van der Waals surface area contributed by atoms with Crippen molar-refractivity contribution < 1.29 is 14.7 Å². The number of hydrogen-bond donors (Lipinski definition) is 1. The van der Waals surface area contributed by atoms with Gasteiger partial charge in [0.25, 0.3) is 0 Å². The maximum Gasteiger partial charge on any atom is 0.329 e. The number of aliphatic carboxylic acids is 1. The number of carboxylic acid groups (broad SMARTS) is 1. The molecule has 108 valence electrons. The minimum absolute atomic E-state index is 0.0962. The van der Waals surface area contributed by atoms with Crippen molar-refractivity contribution in [2.75, 3.05) is 19.6 Å². The molecule has 2 aliphatic rings. The highest BCUT2D eigenvalue weighted by atomic mass is 16.4. The molecule has 2 fully saturated rings. The van der Waals surface area contributed by atoms with Gasteiger partial charge in [-0.3, -0.25) is 0 Å². The van der Waals surface area contributed by atoms with Crippen molar-refractivity contribution in [3.05, 3.63) is 0 Å². The third kappa shape index (κ3) is 2.42. The van der Waals surface area contributed by atoms with Crippen LogP contribution < -0.4 is 0 Å². The average molecular weight is 268 g/mol. The van der Waals surface area contributed by atoms with E-state index < -0.39 is 11.5 Å². The molecule has 0 aliphatic carbocycles. The summed E-state index contributed by atoms with van der Waals surface area (Å²) in [5, 5.41) is 9.37. The lowest BCUT2D eigenvalue weighted by molar-refractivity contribution is -0.147. The maximum atomic E-state index is 12.6. The molecule has 5 nitrogen and oxygen atoms in total. The van der Waals surface area contributed by atoms with Gasteiger partial charge in [0.2, 0.25) is 0 Å². The molecule has 0 aromatic carbocycles. The maximum absolute atomic E-state index is 12.6. The molecule has 3 unspecified atom stereocenters. The van der Waals surface area contributed by atoms with Gasteiger partial charge in [0.1, 0.15) is 5.54 Å². The second-order valence-electron chi connectivity index (χ2n) is 6.31. The SMILES string of the molecule is CC1CCN(C(=O)N2CCCC2(C)C(=O)O)CC1C. The summed E-state index contributed by atoms with van der Waals surface area (Å²) in [5.74, 6) is 0.224. The summed E-state index contributed by atoms with van der Waals surface area (Å²) in [4.78, 5) is 27.4. The predicted molar refractivity (Wildman–Crippen MR) is 71.9 cm³/mol. The van der Waals surface area contributed by atoms with E-state index in [9.17, 15) is 14.7 Å². The van der Waals surface area contributed by atoms with E-state index in [4.69, 9.17) is 0 Å². The number of nitrogens with zero attached hydrogens (tertiary/aromatic N) is 2. The number of rotatable bonds is 1. The Bertz CT molecular complexity index is 385. The van der Waals surface area contributed by atoms with Crippen molar-refractivity contribution >= 4 is 12.0 Å². The molecule has 3 atom stereocenters. The monoisotopic (exact) mass is 268 g/mol. The van der Waals surface area contributed by atoms with E-state index >= 15 is 0 Å². The zero-order valence-electron chi connectivity index (χ0n) is 12.1. The number of carboxylic acids is 1. The van der Waals surface area contributed by atoms with Crippen LogP contribution in [0.25, 0.3) is 0 Å². The van der Waals surface area contributed by atoms with Crippen molar-refractivity contribution in [2.24, 2.45) is 11.8 Å². The fourth-order valence-corrected chi connectivity index (χ4v) is 3.10. The van der Waals surface area contributed by atoms with Gasteiger partial charge in [-0.2, -0.15) is 0 Å². The van der Waals surface area contributed by atoms with Crippen LogP contribution in [-0.2, 0) is 4.79 Å². The van der Waals surface area contributed by atoms with Crippen LogP contribution in [0.3, 0.4) is 0 Å². The molecule has 0 bridgehead atoms. The van der Waals surface area contributed by atoms with Gasteiger partial charge in [-0.05, 0) is 38.0 Å². The lowest BCUT2D eigenvalue weighted by Gasteiger charge is -2.40. The van der Waals surface area contributed by atoms with Gasteiger partial charge in [-0.25, -0.2) is 9.59 Å². The molecule has 2 amide bonds. The van der Waals surface area contributed by atoms with Crippen molar-refractivity contribution in [1.82, 2.24) is 9.80 Å². The van der Waals surface area contributed by atoms with Gasteiger partial charge < -0.3 is 14.9 Å². The average Bonchev–Trinajstić information content (AvgIpc) is 2.75. The molecule has 0 spiro atoms. The van der Waals surface area contributed by atoms with Crippen LogP contribution in [0.5, 0.6) is 0 Å². The van der Waals surface area contributed by atoms with E-state index in [1.165, 1.54) is 0 Å². The summed E-state index contributed by atoms with van der Waals surface area (Å²) in [5.41, 5.74) is -1.02. The number of urea groups is 1. The van der Waals surface area contributed by atoms with Crippen molar-refractivity contribution in [3.63, 3.8) is 0 Å². The Kier molecular flexibility index (Phi) is 3.74. The van der Waals surface area contributed by atoms with Crippen LogP contribution in [0.15, 0.2) is 0 Å². The van der Waals surface area contributed by atoms with E-state index in [1.807, 2.05) is 4.90 Å². The number of carbonyl (C=O) groups is 2. The Labute approximate surface area is 114 Å². The van der Waals surface area contributed by atoms with Crippen LogP contribution in [0.4, 0.5) is 4.79 Å². The second kappa shape index (κ2) is 5.02. The molecule has 0 radical (unpaired) electrons. The molecule has 0 saturated carbocycles. The first kappa shape index (κ1) is 14.2. The molecule has 1 N–H and O–H groups in total. The molecule has 0 aromatic rings. The van der Waals surface area contributed by atoms with Crippen molar-refractivity contribution in [2.45, 2.75) is 45.6 Å². The Morgan fingerprint density at radius 2 is 1.89 bits per heavy atom. The first-order valence-corrected chi connectivity index (χ1v) is 7.16. The highest BCUT2D eigenvalue weighted by molar-refractivity contribution is 5.86. The molecule has 5 heteroatoms. The highest BCUT2D eigenvalue weighted by Crippen LogP contribution is 2.32. The smallest absolute Gasteiger partial charge is 0.329 e. The van der Waals surface area contributed by atoms with Crippen molar-refractivity contribution in [1.29, 1.82) is 0 Å². The quantitative estimate of drug-likeness (QED) is 0.791. The second-order valence-corrected chi connectivity index (χ2v) is 6.31. The molecule has 0 aromatic heterocycles. The predicted octanol–water partition coefficient (Wildman–Crippen LogP) is 2.02. The Hall–Kier alpha value is -1.26. The Balaban J connectivity index is 2.09. The fourth-order valence-electron chi connectivity index (χ4n) is 3.10. The number of carbonyl (C=O) groups excluding carboxylic acids is 1. The Morgan fingerprint density at radius 1 is 1.21 bits per heavy atom. The van der Waals surface area contributed by atoms with Gasteiger partial charge in [0.15, 0.2) is 0 Å². The van der Waals surface area contributed by atoms with Crippen LogP contribution in [-0.4, -0.2) is 52.1 Å². The molecule has 2 heterocycles. The fraction of sp³-hybridized carbons (Fsp3) is 0.857. The van der Waals surface area contributed by atoms with Gasteiger partial charge in [0.05, 0.1) is 0 Å². The van der Waals surface area contributed by atoms with E-state index in [1.54, 1.807) is 11.8 Å². The summed E-state index contributed by atoms with van der Waals surface area (Å²) in [6.07, 6.45) is 2.33. The first-order valence-electron chi connectivity index (χ1n) is 7.16. The number of piperidine rings is 1. The number of hydrogen-bond acceptors (Lipinski definition) is 2. The highest BCUT2D eigenvalue weighted by Gasteiger charge is 2.47. The van der Waals surface area contributed by atoms with E-state index in [-0.39, 0.29) is 6.03 Å². The zero-order chi connectivity index (χ0) is 14.2. The van der Waals surface area contributed by atoms with Crippen LogP contribution in [0.1, 0.15) is 40.0 Å². The van der Waals surface area contributed by atoms with Gasteiger partial charge in [0, 0.05) is 19.6 Å². The minimum atomic E-state index is -1.02. The van der Waals surface area contributed by atoms with E-state index in [2.05, 4.69) is 13.8 Å². The Morgan fingerprint density at radius 3 is 2.47 bits per heavy atom. The summed E-state index contributed by atoms with van der Waals surface area (Å²) in [7, 11) is 0. The molecular formula is C14H24N2O3. The standard InChI is InChI=1S/C14H24N2O3/c1-10-5-8-15(9-11(10)2)13(19)16-7-4-6-14(16,3)12(17)18/h10-11H,4-9H2,1-3H3,(H,17,18). The topological polar surface area (TPSA) is 60.9 Å². The lowest BCUT2D eigenvalue weighted by atomic mass is 9.89. The summed E-state index contributed by atoms with van der Waals surface area (Å²) in [6, 6.07) is -0.0962. The summed E-state index contributed by atoms with van der Waals surface area (Å²) >= 11 is 0. The molecule has 2 aliphatic heterocycles. The number of amides is 2. The minimum Gasteiger partial charge on any atom is -0.480 e. The summed E-state index contributed by atoms with van der Waals surface area (Å²) < 4.78 is 0. The van der Waals surface area contributed by atoms with Gasteiger partial charge in [-0.1, -0.05) is 13.8 Å². The molecule has 2 saturated heterocycles. The summed E-state index contributed by atoms with van der Waals surface area (Å²) in [6.45, 7) is 8.08. The first-order chi connectivity index (χ1) is 8.86. The molecular weight excluding hydrogens is 244 g/mol. The van der Waals surface area contributed by atoms with E-state index in [0.717, 1.165) is 25.9 Å². The normalized spacial score (nSPS) is 35.5.